The van der Waals surface area contributed by atoms with E-state index in [0.717, 1.165) is 0 Å². The van der Waals surface area contributed by atoms with Crippen molar-refractivity contribution in [1.29, 1.82) is 5.26 Å². The molecule has 0 bridgehead atoms. The molecule has 1 aromatic rings. The Morgan fingerprint density at radius 2 is 2.28 bits per heavy atom. The topological polar surface area (TPSA) is 52.9 Å². The Kier molecular flexibility index (Phi) is 3.27. The Morgan fingerprint density at radius 3 is 2.83 bits per heavy atom. The predicted octanol–water partition coefficient (Wildman–Crippen LogP) is 3.36. The van der Waals surface area contributed by atoms with Crippen LogP contribution in [0.2, 0.25) is 5.02 Å². The monoisotopic (exact) mass is 266 g/mol. The number of halogens is 2. The third kappa shape index (κ3) is 2.19. The maximum absolute atomic E-state index is 13.5. The van der Waals surface area contributed by atoms with Crippen molar-refractivity contribution in [2.75, 3.05) is 5.32 Å². The molecule has 0 spiro atoms. The number of anilines is 1. The van der Waals surface area contributed by atoms with Crippen molar-refractivity contribution >= 4 is 23.2 Å². The highest BCUT2D eigenvalue weighted by atomic mass is 35.5. The van der Waals surface area contributed by atoms with E-state index in [-0.39, 0.29) is 5.69 Å². The van der Waals surface area contributed by atoms with Gasteiger partial charge in [0.1, 0.15) is 11.2 Å². The largest absolute Gasteiger partial charge is 0.322 e. The van der Waals surface area contributed by atoms with Crippen LogP contribution in [0.25, 0.3) is 0 Å². The standard InChI is InChI=1S/C13H12ClFN2O/c1-8-5-13(6-8,7-16)12(18)17-11-4-9(14)2-3-10(11)15/h2-4,8H,5-6H2,1H3,(H,17,18). The first-order chi connectivity index (χ1) is 8.47. The lowest BCUT2D eigenvalue weighted by Gasteiger charge is -2.39. The smallest absolute Gasteiger partial charge is 0.244 e. The van der Waals surface area contributed by atoms with Gasteiger partial charge in [0.15, 0.2) is 0 Å². The van der Waals surface area contributed by atoms with Crippen LogP contribution in [0.1, 0.15) is 19.8 Å². The number of nitrogens with zero attached hydrogens (tertiary/aromatic N) is 1. The molecule has 2 rings (SSSR count). The van der Waals surface area contributed by atoms with Gasteiger partial charge in [0.05, 0.1) is 11.8 Å². The molecule has 1 N–H and O–H groups in total. The molecular formula is C13H12ClFN2O. The van der Waals surface area contributed by atoms with E-state index in [9.17, 15) is 9.18 Å². The Morgan fingerprint density at radius 1 is 1.61 bits per heavy atom. The summed E-state index contributed by atoms with van der Waals surface area (Å²) >= 11 is 5.74. The number of rotatable bonds is 2. The third-order valence-corrected chi connectivity index (χ3v) is 3.45. The molecule has 3 nitrogen and oxygen atoms in total. The van der Waals surface area contributed by atoms with Crippen molar-refractivity contribution in [3.05, 3.63) is 29.0 Å². The van der Waals surface area contributed by atoms with Crippen molar-refractivity contribution < 1.29 is 9.18 Å². The molecule has 0 radical (unpaired) electrons. The summed E-state index contributed by atoms with van der Waals surface area (Å²) in [6.45, 7) is 1.98. The van der Waals surface area contributed by atoms with E-state index >= 15 is 0 Å². The van der Waals surface area contributed by atoms with E-state index in [1.54, 1.807) is 0 Å². The quantitative estimate of drug-likeness (QED) is 0.892. The van der Waals surface area contributed by atoms with Crippen LogP contribution < -0.4 is 5.32 Å². The maximum atomic E-state index is 13.5. The predicted molar refractivity (Wildman–Crippen MR) is 66.5 cm³/mol. The Balaban J connectivity index is 2.17. The van der Waals surface area contributed by atoms with Crippen molar-refractivity contribution in [2.45, 2.75) is 19.8 Å². The second kappa shape index (κ2) is 4.58. The average molecular weight is 267 g/mol. The minimum atomic E-state index is -1.02. The first kappa shape index (κ1) is 12.8. The molecule has 0 saturated heterocycles. The summed E-state index contributed by atoms with van der Waals surface area (Å²) in [4.78, 5) is 12.0. The van der Waals surface area contributed by atoms with Gasteiger partial charge in [0, 0.05) is 5.02 Å². The number of nitrogens with one attached hydrogen (secondary N) is 1. The van der Waals surface area contributed by atoms with Crippen LogP contribution in [0.5, 0.6) is 0 Å². The van der Waals surface area contributed by atoms with Gasteiger partial charge in [-0.15, -0.1) is 0 Å². The normalized spacial score (nSPS) is 26.0. The van der Waals surface area contributed by atoms with Gasteiger partial charge in [0.2, 0.25) is 5.91 Å². The summed E-state index contributed by atoms with van der Waals surface area (Å²) < 4.78 is 13.5. The molecule has 1 aliphatic rings. The summed E-state index contributed by atoms with van der Waals surface area (Å²) in [5.41, 5.74) is -1.00. The van der Waals surface area contributed by atoms with Crippen LogP contribution in [-0.4, -0.2) is 5.91 Å². The molecule has 1 aliphatic carbocycles. The van der Waals surface area contributed by atoms with Gasteiger partial charge < -0.3 is 5.32 Å². The number of benzene rings is 1. The molecule has 94 valence electrons. The zero-order valence-electron chi connectivity index (χ0n) is 9.84. The Hall–Kier alpha value is -1.60. The molecular weight excluding hydrogens is 255 g/mol. The summed E-state index contributed by atoms with van der Waals surface area (Å²) in [6, 6.07) is 5.95. The van der Waals surface area contributed by atoms with E-state index in [2.05, 4.69) is 5.32 Å². The molecule has 1 aromatic carbocycles. The van der Waals surface area contributed by atoms with Crippen molar-refractivity contribution in [1.82, 2.24) is 0 Å². The van der Waals surface area contributed by atoms with Crippen LogP contribution in [0.15, 0.2) is 18.2 Å². The van der Waals surface area contributed by atoms with Gasteiger partial charge in [-0.1, -0.05) is 18.5 Å². The Bertz CT molecular complexity index is 532. The zero-order chi connectivity index (χ0) is 13.3. The maximum Gasteiger partial charge on any atom is 0.244 e. The fraction of sp³-hybridized carbons (Fsp3) is 0.385. The Labute approximate surface area is 110 Å². The molecule has 0 unspecified atom stereocenters. The van der Waals surface area contributed by atoms with Crippen molar-refractivity contribution in [2.24, 2.45) is 11.3 Å². The first-order valence-electron chi connectivity index (χ1n) is 5.64. The number of carbonyl (C=O) groups excluding carboxylic acids is 1. The molecule has 0 atom stereocenters. The minimum Gasteiger partial charge on any atom is -0.322 e. The molecule has 5 heteroatoms. The fourth-order valence-electron chi connectivity index (χ4n) is 2.29. The van der Waals surface area contributed by atoms with Gasteiger partial charge in [-0.05, 0) is 37.0 Å². The van der Waals surface area contributed by atoms with Gasteiger partial charge in [-0.2, -0.15) is 5.26 Å². The van der Waals surface area contributed by atoms with Crippen LogP contribution in [0, 0.1) is 28.5 Å². The van der Waals surface area contributed by atoms with Gasteiger partial charge >= 0.3 is 0 Å². The summed E-state index contributed by atoms with van der Waals surface area (Å²) in [6.07, 6.45) is 1.02. The summed E-state index contributed by atoms with van der Waals surface area (Å²) in [5, 5.41) is 11.9. The van der Waals surface area contributed by atoms with Crippen LogP contribution in [-0.2, 0) is 4.79 Å². The van der Waals surface area contributed by atoms with E-state index in [1.807, 2.05) is 13.0 Å². The van der Waals surface area contributed by atoms with Crippen LogP contribution >= 0.6 is 11.6 Å². The second-order valence-electron chi connectivity index (χ2n) is 4.79. The second-order valence-corrected chi connectivity index (χ2v) is 5.22. The summed E-state index contributed by atoms with van der Waals surface area (Å²) in [7, 11) is 0. The lowest BCUT2D eigenvalue weighted by atomic mass is 9.63. The number of hydrogen-bond donors (Lipinski definition) is 1. The molecule has 0 aliphatic heterocycles. The SMILES string of the molecule is CC1CC(C#N)(C(=O)Nc2cc(Cl)ccc2F)C1. The number of nitriles is 1. The highest BCUT2D eigenvalue weighted by Gasteiger charge is 2.49. The highest BCUT2D eigenvalue weighted by Crippen LogP contribution is 2.45. The number of carbonyl (C=O) groups is 1. The third-order valence-electron chi connectivity index (χ3n) is 3.22. The molecule has 1 fully saturated rings. The number of hydrogen-bond acceptors (Lipinski definition) is 2. The lowest BCUT2D eigenvalue weighted by molar-refractivity contribution is -0.128. The molecule has 18 heavy (non-hydrogen) atoms. The zero-order valence-corrected chi connectivity index (χ0v) is 10.6. The number of amides is 1. The van der Waals surface area contributed by atoms with Crippen LogP contribution in [0.3, 0.4) is 0 Å². The van der Waals surface area contributed by atoms with Gasteiger partial charge in [-0.25, -0.2) is 4.39 Å². The molecule has 0 aromatic heterocycles. The molecule has 1 saturated carbocycles. The highest BCUT2D eigenvalue weighted by molar-refractivity contribution is 6.30. The molecule has 0 heterocycles. The molecule has 1 amide bonds. The minimum absolute atomic E-state index is 0.0154. The van der Waals surface area contributed by atoms with Crippen molar-refractivity contribution in [3.8, 4) is 6.07 Å². The van der Waals surface area contributed by atoms with Crippen LogP contribution in [0.4, 0.5) is 10.1 Å². The summed E-state index contributed by atoms with van der Waals surface area (Å²) in [5.74, 6) is -0.669. The fourth-order valence-corrected chi connectivity index (χ4v) is 2.46. The van der Waals surface area contributed by atoms with E-state index in [1.165, 1.54) is 18.2 Å². The van der Waals surface area contributed by atoms with Crippen molar-refractivity contribution in [3.63, 3.8) is 0 Å². The lowest BCUT2D eigenvalue weighted by Crippen LogP contribution is -2.45. The van der Waals surface area contributed by atoms with E-state index < -0.39 is 17.1 Å². The average Bonchev–Trinajstić information content (AvgIpc) is 2.29. The van der Waals surface area contributed by atoms with Gasteiger partial charge in [-0.3, -0.25) is 4.79 Å². The first-order valence-corrected chi connectivity index (χ1v) is 6.02. The van der Waals surface area contributed by atoms with E-state index in [4.69, 9.17) is 16.9 Å². The van der Waals surface area contributed by atoms with Gasteiger partial charge in [0.25, 0.3) is 0 Å². The van der Waals surface area contributed by atoms with E-state index in [0.29, 0.717) is 23.8 Å².